The Morgan fingerprint density at radius 3 is 2.74 bits per heavy atom. The van der Waals surface area contributed by atoms with Crippen molar-refractivity contribution in [2.45, 2.75) is 43.3 Å². The topological polar surface area (TPSA) is 66.2 Å². The Balaban J connectivity index is 1.62. The van der Waals surface area contributed by atoms with Crippen LogP contribution in [0.25, 0.3) is 11.4 Å². The summed E-state index contributed by atoms with van der Waals surface area (Å²) in [5, 5.41) is 9.53. The molecule has 6 nitrogen and oxygen atoms in total. The second-order valence-electron chi connectivity index (χ2n) is 7.43. The molecule has 0 radical (unpaired) electrons. The van der Waals surface area contributed by atoms with Crippen LogP contribution in [0.3, 0.4) is 0 Å². The number of thioether (sulfide) groups is 1. The Bertz CT molecular complexity index is 1060. The van der Waals surface area contributed by atoms with Gasteiger partial charge in [0.25, 0.3) is 0 Å². The molecule has 2 aromatic carbocycles. The van der Waals surface area contributed by atoms with Gasteiger partial charge >= 0.3 is 0 Å². The van der Waals surface area contributed by atoms with Crippen LogP contribution in [0.2, 0.25) is 0 Å². The minimum Gasteiger partial charge on any atom is -0.496 e. The number of carbonyl (C=O) groups is 1. The molecule has 31 heavy (non-hydrogen) atoms. The van der Waals surface area contributed by atoms with Crippen LogP contribution in [-0.4, -0.2) is 40.4 Å². The number of halogens is 1. The van der Waals surface area contributed by atoms with Crippen molar-refractivity contribution in [3.8, 4) is 17.1 Å². The SMILES string of the molecule is COc1ccc(C(C)=O)cc1CSc1nnc(-c2ccc(F)cc2)n1C[C@@H]1CCCO1. The van der Waals surface area contributed by atoms with E-state index >= 15 is 0 Å². The third-order valence-electron chi connectivity index (χ3n) is 5.27. The zero-order valence-corrected chi connectivity index (χ0v) is 18.3. The van der Waals surface area contributed by atoms with Gasteiger partial charge in [0, 0.05) is 29.1 Å². The van der Waals surface area contributed by atoms with Gasteiger partial charge in [0.1, 0.15) is 11.6 Å². The first-order chi connectivity index (χ1) is 15.0. The van der Waals surface area contributed by atoms with Gasteiger partial charge < -0.3 is 9.47 Å². The molecule has 0 aliphatic carbocycles. The molecule has 0 bridgehead atoms. The van der Waals surface area contributed by atoms with Crippen LogP contribution < -0.4 is 4.74 Å². The molecule has 2 heterocycles. The number of carbonyl (C=O) groups excluding carboxylic acids is 1. The number of ether oxygens (including phenoxy) is 2. The van der Waals surface area contributed by atoms with Gasteiger partial charge in [0.2, 0.25) is 0 Å². The van der Waals surface area contributed by atoms with Crippen molar-refractivity contribution in [2.75, 3.05) is 13.7 Å². The fourth-order valence-electron chi connectivity index (χ4n) is 3.62. The Morgan fingerprint density at radius 1 is 1.26 bits per heavy atom. The Morgan fingerprint density at radius 2 is 2.06 bits per heavy atom. The summed E-state index contributed by atoms with van der Waals surface area (Å²) in [5.74, 6) is 1.69. The molecule has 0 amide bonds. The molecule has 1 atom stereocenters. The van der Waals surface area contributed by atoms with E-state index in [1.54, 1.807) is 32.2 Å². The highest BCUT2D eigenvalue weighted by Gasteiger charge is 2.22. The highest BCUT2D eigenvalue weighted by molar-refractivity contribution is 7.98. The molecule has 0 saturated carbocycles. The van der Waals surface area contributed by atoms with Crippen molar-refractivity contribution in [2.24, 2.45) is 0 Å². The third-order valence-corrected chi connectivity index (χ3v) is 6.29. The molecule has 1 saturated heterocycles. The summed E-state index contributed by atoms with van der Waals surface area (Å²) in [6.45, 7) is 2.94. The second kappa shape index (κ2) is 9.62. The minimum absolute atomic E-state index is 0.00838. The fourth-order valence-corrected chi connectivity index (χ4v) is 4.54. The van der Waals surface area contributed by atoms with Gasteiger partial charge in [-0.05, 0) is 62.2 Å². The number of rotatable bonds is 8. The molecular weight excluding hydrogens is 417 g/mol. The number of hydrogen-bond acceptors (Lipinski definition) is 6. The summed E-state index contributed by atoms with van der Waals surface area (Å²) < 4.78 is 26.7. The van der Waals surface area contributed by atoms with Gasteiger partial charge in [-0.25, -0.2) is 4.39 Å². The van der Waals surface area contributed by atoms with Crippen LogP contribution >= 0.6 is 11.8 Å². The van der Waals surface area contributed by atoms with E-state index < -0.39 is 0 Å². The van der Waals surface area contributed by atoms with E-state index in [1.165, 1.54) is 23.9 Å². The van der Waals surface area contributed by atoms with Crippen molar-refractivity contribution in [3.05, 3.63) is 59.4 Å². The predicted molar refractivity (Wildman–Crippen MR) is 117 cm³/mol. The fraction of sp³-hybridized carbons (Fsp3) is 0.348. The Hall–Kier alpha value is -2.71. The monoisotopic (exact) mass is 441 g/mol. The summed E-state index contributed by atoms with van der Waals surface area (Å²) in [4.78, 5) is 11.8. The zero-order chi connectivity index (χ0) is 21.8. The van der Waals surface area contributed by atoms with Gasteiger partial charge in [-0.15, -0.1) is 10.2 Å². The lowest BCUT2D eigenvalue weighted by atomic mass is 10.1. The molecule has 4 rings (SSSR count). The van der Waals surface area contributed by atoms with E-state index in [0.29, 0.717) is 23.7 Å². The van der Waals surface area contributed by atoms with Crippen LogP contribution in [0.4, 0.5) is 4.39 Å². The maximum atomic E-state index is 13.4. The second-order valence-corrected chi connectivity index (χ2v) is 8.37. The quantitative estimate of drug-likeness (QED) is 0.371. The molecule has 162 valence electrons. The molecule has 1 fully saturated rings. The number of ketones is 1. The standard InChI is InChI=1S/C23H24FN3O3S/c1-15(28)17-7-10-21(29-2)18(12-17)14-31-23-26-25-22(16-5-8-19(24)9-6-16)27(23)13-20-4-3-11-30-20/h5-10,12,20H,3-4,11,13-14H2,1-2H3/t20-/m0/s1. The summed E-state index contributed by atoms with van der Waals surface area (Å²) in [5.41, 5.74) is 2.36. The van der Waals surface area contributed by atoms with E-state index in [1.807, 2.05) is 16.7 Å². The van der Waals surface area contributed by atoms with Crippen molar-refractivity contribution >= 4 is 17.5 Å². The lowest BCUT2D eigenvalue weighted by molar-refractivity contribution is 0.0953. The summed E-state index contributed by atoms with van der Waals surface area (Å²) in [6.07, 6.45) is 2.13. The predicted octanol–water partition coefficient (Wildman–Crippen LogP) is 4.77. The first-order valence-electron chi connectivity index (χ1n) is 10.2. The first kappa shape index (κ1) is 21.5. The number of hydrogen-bond donors (Lipinski definition) is 0. The lowest BCUT2D eigenvalue weighted by Gasteiger charge is -2.15. The summed E-state index contributed by atoms with van der Waals surface area (Å²) >= 11 is 1.52. The van der Waals surface area contributed by atoms with Crippen LogP contribution in [0.15, 0.2) is 47.6 Å². The smallest absolute Gasteiger partial charge is 0.191 e. The first-order valence-corrected chi connectivity index (χ1v) is 11.1. The average Bonchev–Trinajstić information content (AvgIpc) is 3.43. The van der Waals surface area contributed by atoms with Gasteiger partial charge in [-0.1, -0.05) is 11.8 Å². The maximum absolute atomic E-state index is 13.4. The Labute approximate surface area is 184 Å². The molecular formula is C23H24FN3O3S. The van der Waals surface area contributed by atoms with Gasteiger partial charge in [-0.3, -0.25) is 9.36 Å². The van der Waals surface area contributed by atoms with Crippen molar-refractivity contribution in [1.82, 2.24) is 14.8 Å². The number of Topliss-reactive ketones (excluding diaryl/α,β-unsaturated/α-hetero) is 1. The normalized spacial score (nSPS) is 15.9. The van der Waals surface area contributed by atoms with Gasteiger partial charge in [0.05, 0.1) is 19.8 Å². The van der Waals surface area contributed by atoms with E-state index in [2.05, 4.69) is 10.2 Å². The van der Waals surface area contributed by atoms with Crippen LogP contribution in [0, 0.1) is 5.82 Å². The van der Waals surface area contributed by atoms with E-state index in [4.69, 9.17) is 9.47 Å². The van der Waals surface area contributed by atoms with Gasteiger partial charge in [0.15, 0.2) is 16.8 Å². The lowest BCUT2D eigenvalue weighted by Crippen LogP contribution is -2.16. The minimum atomic E-state index is -0.291. The molecule has 1 aromatic heterocycles. The number of benzene rings is 2. The maximum Gasteiger partial charge on any atom is 0.191 e. The van der Waals surface area contributed by atoms with Crippen LogP contribution in [0.5, 0.6) is 5.75 Å². The molecule has 0 spiro atoms. The Kier molecular flexibility index (Phi) is 6.67. The molecule has 8 heteroatoms. The van der Waals surface area contributed by atoms with Crippen molar-refractivity contribution in [3.63, 3.8) is 0 Å². The number of methoxy groups -OCH3 is 1. The zero-order valence-electron chi connectivity index (χ0n) is 17.5. The van der Waals surface area contributed by atoms with Crippen LogP contribution in [0.1, 0.15) is 35.7 Å². The molecule has 0 N–H and O–H groups in total. The summed E-state index contributed by atoms with van der Waals surface area (Å²) in [7, 11) is 1.61. The molecule has 0 unspecified atom stereocenters. The third kappa shape index (κ3) is 4.97. The number of aromatic nitrogens is 3. The average molecular weight is 442 g/mol. The highest BCUT2D eigenvalue weighted by Crippen LogP contribution is 2.31. The molecule has 3 aromatic rings. The van der Waals surface area contributed by atoms with Crippen LogP contribution in [-0.2, 0) is 17.0 Å². The van der Waals surface area contributed by atoms with E-state index in [0.717, 1.165) is 41.5 Å². The van der Waals surface area contributed by atoms with Crippen molar-refractivity contribution in [1.29, 1.82) is 0 Å². The van der Waals surface area contributed by atoms with Gasteiger partial charge in [-0.2, -0.15) is 0 Å². The van der Waals surface area contributed by atoms with E-state index in [9.17, 15) is 9.18 Å². The number of nitrogens with zero attached hydrogens (tertiary/aromatic N) is 3. The van der Waals surface area contributed by atoms with Crippen molar-refractivity contribution < 1.29 is 18.7 Å². The summed E-state index contributed by atoms with van der Waals surface area (Å²) in [6, 6.07) is 11.7. The molecule has 1 aliphatic rings. The highest BCUT2D eigenvalue weighted by atomic mass is 32.2. The molecule has 1 aliphatic heterocycles. The van der Waals surface area contributed by atoms with E-state index in [-0.39, 0.29) is 17.7 Å². The largest absolute Gasteiger partial charge is 0.496 e.